The molecule has 140 valence electrons. The molecule has 0 aliphatic heterocycles. The first-order valence-electron chi connectivity index (χ1n) is 9.17. The monoisotopic (exact) mass is 364 g/mol. The molecule has 0 saturated heterocycles. The molecular weight excluding hydrogens is 340 g/mol. The van der Waals surface area contributed by atoms with E-state index in [1.54, 1.807) is 6.20 Å². The van der Waals surface area contributed by atoms with Crippen LogP contribution in [0.2, 0.25) is 0 Å². The molecule has 1 aromatic heterocycles. The van der Waals surface area contributed by atoms with Crippen LogP contribution in [0.4, 0.5) is 0 Å². The number of carbonyl (C=O) groups excluding carboxylic acids is 1. The smallest absolute Gasteiger partial charge is 0.220 e. The summed E-state index contributed by atoms with van der Waals surface area (Å²) in [5, 5.41) is 2.87. The second-order valence-corrected chi connectivity index (χ2v) is 6.35. The Balaban J connectivity index is 1.32. The van der Waals surface area contributed by atoms with Gasteiger partial charge in [-0.15, -0.1) is 0 Å². The Morgan fingerprint density at radius 2 is 2.00 bits per heavy atom. The van der Waals surface area contributed by atoms with Gasteiger partial charge in [0.2, 0.25) is 5.91 Å². The van der Waals surface area contributed by atoms with E-state index in [9.17, 15) is 4.79 Å². The molecule has 1 heterocycles. The molecule has 3 aromatic rings. The predicted molar refractivity (Wildman–Crippen MR) is 105 cm³/mol. The first-order valence-corrected chi connectivity index (χ1v) is 9.17. The van der Waals surface area contributed by atoms with Crippen molar-refractivity contribution in [3.8, 4) is 17.1 Å². The molecule has 5 heteroatoms. The topological polar surface area (TPSA) is 64.4 Å². The van der Waals surface area contributed by atoms with Crippen LogP contribution in [0.3, 0.4) is 0 Å². The van der Waals surface area contributed by atoms with E-state index in [1.165, 1.54) is 0 Å². The van der Waals surface area contributed by atoms with Crippen LogP contribution in [-0.2, 0) is 11.2 Å². The Morgan fingerprint density at radius 3 is 2.81 bits per heavy atom. The number of benzene rings is 2. The van der Waals surface area contributed by atoms with Crippen molar-refractivity contribution in [2.75, 3.05) is 13.2 Å². The largest absolute Gasteiger partial charge is 0.492 e. The van der Waals surface area contributed by atoms with Crippen LogP contribution in [0.25, 0.3) is 11.3 Å². The molecule has 0 spiro atoms. The average Bonchev–Trinajstić information content (AvgIpc) is 3.15. The summed E-state index contributed by atoms with van der Waals surface area (Å²) in [6, 6.07) is 17.7. The van der Waals surface area contributed by atoms with E-state index in [1.807, 2.05) is 61.5 Å². The number of carbonyl (C=O) groups is 1. The summed E-state index contributed by atoms with van der Waals surface area (Å²) >= 11 is 0. The van der Waals surface area contributed by atoms with E-state index in [4.69, 9.17) is 9.15 Å². The molecule has 1 N–H and O–H groups in total. The van der Waals surface area contributed by atoms with Crippen molar-refractivity contribution in [1.29, 1.82) is 0 Å². The third-order valence-electron chi connectivity index (χ3n) is 4.09. The highest BCUT2D eigenvalue weighted by molar-refractivity contribution is 5.75. The second kappa shape index (κ2) is 9.57. The lowest BCUT2D eigenvalue weighted by atomic mass is 10.2. The number of rotatable bonds is 9. The SMILES string of the molecule is Cc1cccc(OCCNC(=O)CCCc2ncc(-c3ccccc3)o2)c1. The zero-order valence-electron chi connectivity index (χ0n) is 15.5. The number of nitrogens with zero attached hydrogens (tertiary/aromatic N) is 1. The van der Waals surface area contributed by atoms with E-state index >= 15 is 0 Å². The fourth-order valence-electron chi connectivity index (χ4n) is 2.71. The highest BCUT2D eigenvalue weighted by Crippen LogP contribution is 2.20. The van der Waals surface area contributed by atoms with Gasteiger partial charge in [-0.05, 0) is 31.0 Å². The van der Waals surface area contributed by atoms with Gasteiger partial charge >= 0.3 is 0 Å². The molecule has 0 aliphatic carbocycles. The summed E-state index contributed by atoms with van der Waals surface area (Å²) in [6.45, 7) is 2.96. The number of hydrogen-bond donors (Lipinski definition) is 1. The highest BCUT2D eigenvalue weighted by atomic mass is 16.5. The normalized spacial score (nSPS) is 10.6. The molecule has 0 unspecified atom stereocenters. The fourth-order valence-corrected chi connectivity index (χ4v) is 2.71. The van der Waals surface area contributed by atoms with Crippen molar-refractivity contribution in [3.63, 3.8) is 0 Å². The van der Waals surface area contributed by atoms with Crippen LogP contribution in [-0.4, -0.2) is 24.0 Å². The molecule has 1 amide bonds. The quantitative estimate of drug-likeness (QED) is 0.579. The first-order chi connectivity index (χ1) is 13.2. The van der Waals surface area contributed by atoms with Gasteiger partial charge in [-0.2, -0.15) is 0 Å². The number of ether oxygens (including phenoxy) is 1. The Kier molecular flexibility index (Phi) is 6.63. The van der Waals surface area contributed by atoms with Crippen molar-refractivity contribution in [3.05, 3.63) is 72.2 Å². The minimum Gasteiger partial charge on any atom is -0.492 e. The van der Waals surface area contributed by atoms with Gasteiger partial charge in [0.25, 0.3) is 0 Å². The van der Waals surface area contributed by atoms with E-state index in [0.717, 1.165) is 22.6 Å². The summed E-state index contributed by atoms with van der Waals surface area (Å²) < 4.78 is 11.4. The number of nitrogens with one attached hydrogen (secondary N) is 1. The van der Waals surface area contributed by atoms with Crippen molar-refractivity contribution in [2.24, 2.45) is 0 Å². The average molecular weight is 364 g/mol. The zero-order chi connectivity index (χ0) is 18.9. The lowest BCUT2D eigenvalue weighted by Crippen LogP contribution is -2.27. The summed E-state index contributed by atoms with van der Waals surface area (Å²) in [4.78, 5) is 16.2. The Hall–Kier alpha value is -3.08. The number of aryl methyl sites for hydroxylation is 2. The minimum absolute atomic E-state index is 0.0117. The standard InChI is InChI=1S/C22H24N2O3/c1-17-7-5-10-19(15-17)26-14-13-23-21(25)11-6-12-22-24-16-20(27-22)18-8-3-2-4-9-18/h2-5,7-10,15-16H,6,11-14H2,1H3,(H,23,25). The van der Waals surface area contributed by atoms with Gasteiger partial charge in [0, 0.05) is 18.4 Å². The van der Waals surface area contributed by atoms with Crippen molar-refractivity contribution in [1.82, 2.24) is 10.3 Å². The number of hydrogen-bond acceptors (Lipinski definition) is 4. The molecule has 0 fully saturated rings. The van der Waals surface area contributed by atoms with Gasteiger partial charge in [0.05, 0.1) is 12.7 Å². The van der Waals surface area contributed by atoms with Gasteiger partial charge < -0.3 is 14.5 Å². The maximum atomic E-state index is 11.9. The molecule has 0 bridgehead atoms. The minimum atomic E-state index is 0.0117. The van der Waals surface area contributed by atoms with Crippen molar-refractivity contribution >= 4 is 5.91 Å². The maximum Gasteiger partial charge on any atom is 0.220 e. The highest BCUT2D eigenvalue weighted by Gasteiger charge is 2.07. The maximum absolute atomic E-state index is 11.9. The first kappa shape index (κ1) is 18.7. The molecule has 0 aliphatic rings. The summed E-state index contributed by atoms with van der Waals surface area (Å²) in [5.41, 5.74) is 2.15. The third-order valence-corrected chi connectivity index (χ3v) is 4.09. The number of amides is 1. The molecule has 0 saturated carbocycles. The summed E-state index contributed by atoms with van der Waals surface area (Å²) in [6.07, 6.45) is 3.50. The molecule has 0 radical (unpaired) electrons. The van der Waals surface area contributed by atoms with E-state index in [0.29, 0.717) is 38.3 Å². The van der Waals surface area contributed by atoms with Crippen molar-refractivity contribution < 1.29 is 13.9 Å². The summed E-state index contributed by atoms with van der Waals surface area (Å²) in [5.74, 6) is 2.24. The lowest BCUT2D eigenvalue weighted by Gasteiger charge is -2.08. The third kappa shape index (κ3) is 5.99. The second-order valence-electron chi connectivity index (χ2n) is 6.35. The number of oxazole rings is 1. The molecule has 0 atom stereocenters. The molecule has 2 aromatic carbocycles. The summed E-state index contributed by atoms with van der Waals surface area (Å²) in [7, 11) is 0. The molecular formula is C22H24N2O3. The van der Waals surface area contributed by atoms with Crippen LogP contribution in [0.15, 0.2) is 65.2 Å². The van der Waals surface area contributed by atoms with E-state index in [2.05, 4.69) is 10.3 Å². The Bertz CT molecular complexity index is 859. The molecule has 3 rings (SSSR count). The fraction of sp³-hybridized carbons (Fsp3) is 0.273. The molecule has 27 heavy (non-hydrogen) atoms. The molecule has 5 nitrogen and oxygen atoms in total. The number of aromatic nitrogens is 1. The van der Waals surface area contributed by atoms with Gasteiger partial charge in [-0.1, -0.05) is 42.5 Å². The van der Waals surface area contributed by atoms with Gasteiger partial charge in [-0.3, -0.25) is 4.79 Å². The van der Waals surface area contributed by atoms with Crippen LogP contribution in [0.1, 0.15) is 24.3 Å². The van der Waals surface area contributed by atoms with Crippen molar-refractivity contribution in [2.45, 2.75) is 26.2 Å². The van der Waals surface area contributed by atoms with Crippen LogP contribution in [0, 0.1) is 6.92 Å². The van der Waals surface area contributed by atoms with Gasteiger partial charge in [0.1, 0.15) is 12.4 Å². The Labute approximate surface area is 159 Å². The van der Waals surface area contributed by atoms with Crippen LogP contribution >= 0.6 is 0 Å². The zero-order valence-corrected chi connectivity index (χ0v) is 15.5. The van der Waals surface area contributed by atoms with E-state index < -0.39 is 0 Å². The van der Waals surface area contributed by atoms with Crippen LogP contribution in [0.5, 0.6) is 5.75 Å². The van der Waals surface area contributed by atoms with Crippen LogP contribution < -0.4 is 10.1 Å². The van der Waals surface area contributed by atoms with Gasteiger partial charge in [-0.25, -0.2) is 4.98 Å². The van der Waals surface area contributed by atoms with Gasteiger partial charge in [0.15, 0.2) is 11.7 Å². The van der Waals surface area contributed by atoms with E-state index in [-0.39, 0.29) is 5.91 Å². The Morgan fingerprint density at radius 1 is 1.15 bits per heavy atom. The predicted octanol–water partition coefficient (Wildman–Crippen LogP) is 4.17. The lowest BCUT2D eigenvalue weighted by molar-refractivity contribution is -0.121.